The van der Waals surface area contributed by atoms with E-state index in [9.17, 15) is 5.11 Å². The van der Waals surface area contributed by atoms with Gasteiger partial charge in [0.05, 0.1) is 12.7 Å². The summed E-state index contributed by atoms with van der Waals surface area (Å²) < 4.78 is 5.30. The van der Waals surface area contributed by atoms with E-state index in [0.29, 0.717) is 11.7 Å². The van der Waals surface area contributed by atoms with E-state index >= 15 is 0 Å². The lowest BCUT2D eigenvalue weighted by atomic mass is 9.81. The summed E-state index contributed by atoms with van der Waals surface area (Å²) in [7, 11) is 1.62. The van der Waals surface area contributed by atoms with Crippen LogP contribution in [0, 0.1) is 5.92 Å². The van der Waals surface area contributed by atoms with Gasteiger partial charge in [-0.1, -0.05) is 25.3 Å². The second kappa shape index (κ2) is 6.86. The summed E-state index contributed by atoms with van der Waals surface area (Å²) in [5.74, 6) is 1.41. The van der Waals surface area contributed by atoms with Crippen LogP contribution >= 0.6 is 12.4 Å². The molecule has 0 heterocycles. The maximum atomic E-state index is 9.96. The van der Waals surface area contributed by atoms with Gasteiger partial charge in [0, 0.05) is 6.04 Å². The van der Waals surface area contributed by atoms with E-state index in [0.717, 1.165) is 18.4 Å². The van der Waals surface area contributed by atoms with Gasteiger partial charge in [-0.2, -0.15) is 0 Å². The van der Waals surface area contributed by atoms with E-state index in [4.69, 9.17) is 10.5 Å². The van der Waals surface area contributed by atoms with Gasteiger partial charge in [0.2, 0.25) is 0 Å². The van der Waals surface area contributed by atoms with E-state index in [1.807, 2.05) is 6.07 Å². The second-order valence-electron chi connectivity index (χ2n) is 4.82. The molecule has 2 rings (SSSR count). The first-order valence-corrected chi connectivity index (χ1v) is 6.35. The van der Waals surface area contributed by atoms with Crippen molar-refractivity contribution in [3.05, 3.63) is 23.8 Å². The SMILES string of the molecule is COc1cccc(O)c1[C@@H](N)C1CCCCC1.Cl. The van der Waals surface area contributed by atoms with E-state index in [-0.39, 0.29) is 24.2 Å². The fourth-order valence-electron chi connectivity index (χ4n) is 2.77. The summed E-state index contributed by atoms with van der Waals surface area (Å²) in [5, 5.41) is 9.96. The summed E-state index contributed by atoms with van der Waals surface area (Å²) in [5.41, 5.74) is 7.07. The standard InChI is InChI=1S/C14H21NO2.ClH/c1-17-12-9-5-8-11(16)13(12)14(15)10-6-3-2-4-7-10;/h5,8-10,14,16H,2-4,6-7,15H2,1H3;1H/t14-;/m0./s1. The highest BCUT2D eigenvalue weighted by atomic mass is 35.5. The molecule has 1 aromatic rings. The Morgan fingerprint density at radius 1 is 1.28 bits per heavy atom. The number of methoxy groups -OCH3 is 1. The molecular formula is C14H22ClNO2. The molecule has 3 nitrogen and oxygen atoms in total. The van der Waals surface area contributed by atoms with Gasteiger partial charge in [-0.15, -0.1) is 12.4 Å². The molecule has 1 aromatic carbocycles. The molecule has 0 bridgehead atoms. The van der Waals surface area contributed by atoms with Crippen molar-refractivity contribution in [1.29, 1.82) is 0 Å². The highest BCUT2D eigenvalue weighted by molar-refractivity contribution is 5.85. The number of phenolic OH excluding ortho intramolecular Hbond substituents is 1. The quantitative estimate of drug-likeness (QED) is 0.886. The topological polar surface area (TPSA) is 55.5 Å². The number of hydrogen-bond acceptors (Lipinski definition) is 3. The highest BCUT2D eigenvalue weighted by Crippen LogP contribution is 2.40. The number of halogens is 1. The summed E-state index contributed by atoms with van der Waals surface area (Å²) in [6.45, 7) is 0. The molecule has 0 amide bonds. The number of rotatable bonds is 3. The van der Waals surface area contributed by atoms with Gasteiger partial charge in [-0.3, -0.25) is 0 Å². The number of benzene rings is 1. The predicted molar refractivity (Wildman–Crippen MR) is 75.4 cm³/mol. The van der Waals surface area contributed by atoms with Crippen molar-refractivity contribution in [2.24, 2.45) is 11.7 Å². The first kappa shape index (κ1) is 15.1. The Bertz CT molecular complexity index is 378. The summed E-state index contributed by atoms with van der Waals surface area (Å²) >= 11 is 0. The Morgan fingerprint density at radius 3 is 2.56 bits per heavy atom. The first-order chi connectivity index (χ1) is 8.24. The van der Waals surface area contributed by atoms with Crippen molar-refractivity contribution in [2.45, 2.75) is 38.1 Å². The molecular weight excluding hydrogens is 250 g/mol. The average Bonchev–Trinajstić information content (AvgIpc) is 2.38. The third-order valence-corrected chi connectivity index (χ3v) is 3.75. The molecule has 1 atom stereocenters. The van der Waals surface area contributed by atoms with Crippen LogP contribution in [0.2, 0.25) is 0 Å². The minimum atomic E-state index is -0.119. The number of aromatic hydroxyl groups is 1. The molecule has 1 fully saturated rings. The lowest BCUT2D eigenvalue weighted by Crippen LogP contribution is -2.24. The van der Waals surface area contributed by atoms with Crippen molar-refractivity contribution >= 4 is 12.4 Å². The Balaban J connectivity index is 0.00000162. The Hall–Kier alpha value is -0.930. The Labute approximate surface area is 115 Å². The van der Waals surface area contributed by atoms with Crippen LogP contribution in [0.3, 0.4) is 0 Å². The van der Waals surface area contributed by atoms with Crippen LogP contribution in [0.4, 0.5) is 0 Å². The molecule has 1 aliphatic carbocycles. The molecule has 0 radical (unpaired) electrons. The predicted octanol–water partition coefficient (Wildman–Crippen LogP) is 3.40. The van der Waals surface area contributed by atoms with Gasteiger partial charge in [0.25, 0.3) is 0 Å². The molecule has 18 heavy (non-hydrogen) atoms. The Kier molecular flexibility index (Phi) is 5.76. The molecule has 0 unspecified atom stereocenters. The highest BCUT2D eigenvalue weighted by Gasteiger charge is 2.26. The van der Waals surface area contributed by atoms with E-state index in [1.54, 1.807) is 19.2 Å². The van der Waals surface area contributed by atoms with Gasteiger partial charge in [-0.05, 0) is 30.9 Å². The molecule has 0 spiro atoms. The molecule has 4 heteroatoms. The van der Waals surface area contributed by atoms with E-state index in [1.165, 1.54) is 19.3 Å². The van der Waals surface area contributed by atoms with Crippen LogP contribution < -0.4 is 10.5 Å². The number of phenols is 1. The van der Waals surface area contributed by atoms with Crippen molar-refractivity contribution < 1.29 is 9.84 Å². The minimum Gasteiger partial charge on any atom is -0.507 e. The van der Waals surface area contributed by atoms with Crippen LogP contribution in [0.15, 0.2) is 18.2 Å². The van der Waals surface area contributed by atoms with Gasteiger partial charge in [-0.25, -0.2) is 0 Å². The van der Waals surface area contributed by atoms with Gasteiger partial charge in [0.15, 0.2) is 0 Å². The largest absolute Gasteiger partial charge is 0.507 e. The second-order valence-corrected chi connectivity index (χ2v) is 4.82. The van der Waals surface area contributed by atoms with Crippen LogP contribution in [0.1, 0.15) is 43.7 Å². The molecule has 0 aromatic heterocycles. The minimum absolute atomic E-state index is 0. The van der Waals surface area contributed by atoms with Crippen molar-refractivity contribution in [2.75, 3.05) is 7.11 Å². The fraction of sp³-hybridized carbons (Fsp3) is 0.571. The molecule has 1 aliphatic rings. The Morgan fingerprint density at radius 2 is 1.94 bits per heavy atom. The van der Waals surface area contributed by atoms with Crippen LogP contribution in [-0.4, -0.2) is 12.2 Å². The third-order valence-electron chi connectivity index (χ3n) is 3.75. The zero-order valence-electron chi connectivity index (χ0n) is 10.8. The molecule has 1 saturated carbocycles. The molecule has 0 aliphatic heterocycles. The van der Waals surface area contributed by atoms with Crippen molar-refractivity contribution in [3.63, 3.8) is 0 Å². The first-order valence-electron chi connectivity index (χ1n) is 6.35. The van der Waals surface area contributed by atoms with Gasteiger partial charge < -0.3 is 15.6 Å². The fourth-order valence-corrected chi connectivity index (χ4v) is 2.77. The molecule has 102 valence electrons. The summed E-state index contributed by atoms with van der Waals surface area (Å²) in [6, 6.07) is 5.20. The smallest absolute Gasteiger partial charge is 0.127 e. The summed E-state index contributed by atoms with van der Waals surface area (Å²) in [4.78, 5) is 0. The molecule has 3 N–H and O–H groups in total. The van der Waals surface area contributed by atoms with Crippen molar-refractivity contribution in [3.8, 4) is 11.5 Å². The van der Waals surface area contributed by atoms with E-state index < -0.39 is 0 Å². The van der Waals surface area contributed by atoms with E-state index in [2.05, 4.69) is 0 Å². The van der Waals surface area contributed by atoms with Crippen LogP contribution in [0.25, 0.3) is 0 Å². The lowest BCUT2D eigenvalue weighted by Gasteiger charge is -2.29. The summed E-state index contributed by atoms with van der Waals surface area (Å²) in [6.07, 6.45) is 6.10. The maximum Gasteiger partial charge on any atom is 0.127 e. The normalized spacial score (nSPS) is 17.9. The molecule has 0 saturated heterocycles. The lowest BCUT2D eigenvalue weighted by molar-refractivity contribution is 0.295. The zero-order chi connectivity index (χ0) is 12.3. The van der Waals surface area contributed by atoms with Gasteiger partial charge >= 0.3 is 0 Å². The van der Waals surface area contributed by atoms with Crippen LogP contribution in [0.5, 0.6) is 11.5 Å². The van der Waals surface area contributed by atoms with Crippen LogP contribution in [-0.2, 0) is 0 Å². The number of hydrogen-bond donors (Lipinski definition) is 2. The number of nitrogens with two attached hydrogens (primary N) is 1. The third kappa shape index (κ3) is 3.09. The number of ether oxygens (including phenoxy) is 1. The average molecular weight is 272 g/mol. The van der Waals surface area contributed by atoms with Crippen molar-refractivity contribution in [1.82, 2.24) is 0 Å². The zero-order valence-corrected chi connectivity index (χ0v) is 11.6. The monoisotopic (exact) mass is 271 g/mol. The maximum absolute atomic E-state index is 9.96. The van der Waals surface area contributed by atoms with Gasteiger partial charge in [0.1, 0.15) is 11.5 Å².